The molecule has 3 heteroatoms. The zero-order chi connectivity index (χ0) is 6.10. The number of nitrogens with zero attached hydrogens (tertiary/aromatic N) is 1. The Morgan fingerprint density at radius 2 is 2.00 bits per heavy atom. The van der Waals surface area contributed by atoms with Crippen molar-refractivity contribution in [1.82, 2.24) is 10.2 Å². The molecule has 0 amide bonds. The quantitative estimate of drug-likeness (QED) is 0.572. The second-order valence-electron chi connectivity index (χ2n) is 1.96. The van der Waals surface area contributed by atoms with Crippen molar-refractivity contribution in [1.29, 1.82) is 0 Å². The van der Waals surface area contributed by atoms with Gasteiger partial charge in [-0.3, -0.25) is 5.10 Å². The van der Waals surface area contributed by atoms with Gasteiger partial charge in [0.25, 0.3) is 0 Å². The van der Waals surface area contributed by atoms with Crippen molar-refractivity contribution >= 4 is 62.3 Å². The Balaban J connectivity index is 0.000000500. The van der Waals surface area contributed by atoms with Crippen LogP contribution in [0.3, 0.4) is 0 Å². The molecule has 10 heavy (non-hydrogen) atoms. The summed E-state index contributed by atoms with van der Waals surface area (Å²) in [6, 6.07) is 8.01. The molecule has 1 aromatic carbocycles. The van der Waals surface area contributed by atoms with E-state index in [9.17, 15) is 0 Å². The van der Waals surface area contributed by atoms with Crippen LogP contribution in [0.2, 0.25) is 0 Å². The van der Waals surface area contributed by atoms with Crippen LogP contribution in [0.25, 0.3) is 10.9 Å². The van der Waals surface area contributed by atoms with Gasteiger partial charge in [0.2, 0.25) is 0 Å². The number of hydrogen-bond acceptors (Lipinski definition) is 1. The summed E-state index contributed by atoms with van der Waals surface area (Å²) in [4.78, 5) is 0. The van der Waals surface area contributed by atoms with Crippen molar-refractivity contribution in [2.24, 2.45) is 0 Å². The molecule has 0 aliphatic heterocycles. The van der Waals surface area contributed by atoms with Gasteiger partial charge in [0.15, 0.2) is 0 Å². The fourth-order valence-electron chi connectivity index (χ4n) is 0.883. The number of hydrogen-bond donors (Lipinski definition) is 1. The molecule has 0 unspecified atom stereocenters. The van der Waals surface area contributed by atoms with Gasteiger partial charge in [-0.2, -0.15) is 5.10 Å². The number of H-pyrrole nitrogens is 1. The Labute approximate surface area is 101 Å². The van der Waals surface area contributed by atoms with Gasteiger partial charge < -0.3 is 0 Å². The van der Waals surface area contributed by atoms with Gasteiger partial charge >= 0.3 is 0 Å². The van der Waals surface area contributed by atoms with Crippen molar-refractivity contribution < 1.29 is 0 Å². The summed E-state index contributed by atoms with van der Waals surface area (Å²) >= 11 is 0. The molecule has 1 N–H and O–H groups in total. The molecule has 0 atom stereocenters. The van der Waals surface area contributed by atoms with E-state index >= 15 is 0 Å². The van der Waals surface area contributed by atoms with E-state index in [4.69, 9.17) is 0 Å². The van der Waals surface area contributed by atoms with E-state index in [0.717, 1.165) is 10.9 Å². The Hall–Kier alpha value is 0.326. The van der Waals surface area contributed by atoms with Crippen LogP contribution in [0, 0.1) is 0 Å². The molecule has 1 heterocycles. The molecule has 1 aromatic heterocycles. The smallest absolute Gasteiger partial charge is 0.0650 e. The molecular formula is C7H6KN2. The summed E-state index contributed by atoms with van der Waals surface area (Å²) in [7, 11) is 0. The Morgan fingerprint density at radius 3 is 2.80 bits per heavy atom. The first-order valence-corrected chi connectivity index (χ1v) is 2.85. The van der Waals surface area contributed by atoms with Crippen LogP contribution < -0.4 is 0 Å². The molecule has 2 rings (SSSR count). The zero-order valence-electron chi connectivity index (χ0n) is 5.83. The fourth-order valence-corrected chi connectivity index (χ4v) is 0.883. The normalized spacial score (nSPS) is 9.20. The predicted octanol–water partition coefficient (Wildman–Crippen LogP) is 1.18. The second-order valence-corrected chi connectivity index (χ2v) is 1.96. The Morgan fingerprint density at radius 1 is 1.20 bits per heavy atom. The summed E-state index contributed by atoms with van der Waals surface area (Å²) < 4.78 is 0. The number of nitrogens with one attached hydrogen (secondary N) is 1. The number of aromatic nitrogens is 2. The van der Waals surface area contributed by atoms with Crippen LogP contribution >= 0.6 is 0 Å². The zero-order valence-corrected chi connectivity index (χ0v) is 8.96. The minimum atomic E-state index is 0. The van der Waals surface area contributed by atoms with Crippen LogP contribution in [0.15, 0.2) is 30.5 Å². The minimum absolute atomic E-state index is 0. The van der Waals surface area contributed by atoms with Crippen molar-refractivity contribution in [2.45, 2.75) is 0 Å². The van der Waals surface area contributed by atoms with Gasteiger partial charge in [0.05, 0.1) is 11.7 Å². The van der Waals surface area contributed by atoms with E-state index < -0.39 is 0 Å². The maximum Gasteiger partial charge on any atom is 0.0650 e. The summed E-state index contributed by atoms with van der Waals surface area (Å²) in [6.07, 6.45) is 1.81. The molecule has 0 aliphatic rings. The van der Waals surface area contributed by atoms with Gasteiger partial charge in [-0.15, -0.1) is 0 Å². The van der Waals surface area contributed by atoms with Crippen molar-refractivity contribution in [3.63, 3.8) is 0 Å². The predicted molar refractivity (Wildman–Crippen MR) is 41.8 cm³/mol. The second kappa shape index (κ2) is 3.64. The van der Waals surface area contributed by atoms with Crippen LogP contribution in [0.4, 0.5) is 0 Å². The maximum absolute atomic E-state index is 3.88. The molecule has 0 saturated carbocycles. The average molecular weight is 157 g/mol. The molecule has 45 valence electrons. The van der Waals surface area contributed by atoms with Crippen LogP contribution in [-0.4, -0.2) is 61.6 Å². The summed E-state index contributed by atoms with van der Waals surface area (Å²) in [5.74, 6) is 0. The maximum atomic E-state index is 3.88. The summed E-state index contributed by atoms with van der Waals surface area (Å²) in [6.45, 7) is 0. The molecule has 1 radical (unpaired) electrons. The molecule has 2 nitrogen and oxygen atoms in total. The first-order valence-electron chi connectivity index (χ1n) is 2.85. The van der Waals surface area contributed by atoms with Gasteiger partial charge in [0.1, 0.15) is 0 Å². The molecule has 2 aromatic rings. The number of fused-ring (bicyclic) bond motifs is 1. The topological polar surface area (TPSA) is 28.7 Å². The number of aromatic amines is 1. The number of para-hydroxylation sites is 1. The van der Waals surface area contributed by atoms with E-state index in [1.807, 2.05) is 30.5 Å². The van der Waals surface area contributed by atoms with Crippen molar-refractivity contribution in [3.05, 3.63) is 30.5 Å². The summed E-state index contributed by atoms with van der Waals surface area (Å²) in [5, 5.41) is 7.91. The monoisotopic (exact) mass is 157 g/mol. The first-order chi connectivity index (χ1) is 4.47. The standard InChI is InChI=1S/C7H6N2.K/c1-2-4-7-6(3-1)5-8-9-7;/h1-5H,(H,8,9);. The van der Waals surface area contributed by atoms with Crippen LogP contribution in [-0.2, 0) is 0 Å². The Kier molecular flexibility index (Phi) is 3.07. The third-order valence-corrected chi connectivity index (χ3v) is 1.35. The van der Waals surface area contributed by atoms with E-state index in [1.54, 1.807) is 0 Å². The first kappa shape index (κ1) is 8.42. The van der Waals surface area contributed by atoms with Gasteiger partial charge in [0, 0.05) is 56.8 Å². The number of benzene rings is 1. The molecule has 0 bridgehead atoms. The van der Waals surface area contributed by atoms with E-state index in [1.165, 1.54) is 0 Å². The molecule has 0 spiro atoms. The van der Waals surface area contributed by atoms with Crippen LogP contribution in [0.5, 0.6) is 0 Å². The molecule has 0 aliphatic carbocycles. The van der Waals surface area contributed by atoms with E-state index in [0.29, 0.717) is 0 Å². The minimum Gasteiger partial charge on any atom is -0.278 e. The van der Waals surface area contributed by atoms with Gasteiger partial charge in [-0.25, -0.2) is 0 Å². The van der Waals surface area contributed by atoms with Gasteiger partial charge in [-0.05, 0) is 6.07 Å². The van der Waals surface area contributed by atoms with Crippen molar-refractivity contribution in [2.75, 3.05) is 0 Å². The third kappa shape index (κ3) is 1.49. The van der Waals surface area contributed by atoms with E-state index in [2.05, 4.69) is 10.2 Å². The van der Waals surface area contributed by atoms with E-state index in [-0.39, 0.29) is 51.4 Å². The fraction of sp³-hybridized carbons (Fsp3) is 0. The van der Waals surface area contributed by atoms with Gasteiger partial charge in [-0.1, -0.05) is 18.2 Å². The molecular weight excluding hydrogens is 151 g/mol. The van der Waals surface area contributed by atoms with Crippen molar-refractivity contribution in [3.8, 4) is 0 Å². The molecule has 0 saturated heterocycles. The third-order valence-electron chi connectivity index (χ3n) is 1.35. The molecule has 0 fully saturated rings. The average Bonchev–Trinajstić information content (AvgIpc) is 2.33. The SMILES string of the molecule is [K].c1ccc2[nH]ncc2c1. The largest absolute Gasteiger partial charge is 0.278 e. The Bertz CT molecular complexity index is 286. The van der Waals surface area contributed by atoms with Crippen LogP contribution in [0.1, 0.15) is 0 Å². The summed E-state index contributed by atoms with van der Waals surface area (Å²) in [5.41, 5.74) is 1.09. The number of rotatable bonds is 0.